The molecule has 2 aromatic heterocycles. The third-order valence-electron chi connectivity index (χ3n) is 8.78. The fraction of sp³-hybridized carbons (Fsp3) is 0.710. The van der Waals surface area contributed by atoms with Crippen LogP contribution in [0.15, 0.2) is 23.5 Å². The van der Waals surface area contributed by atoms with Gasteiger partial charge in [-0.05, 0) is 37.8 Å². The fourth-order valence-electron chi connectivity index (χ4n) is 5.41. The molecule has 2 aromatic rings. The molecule has 0 radical (unpaired) electrons. The molecule has 0 aliphatic carbocycles. The molecule has 1 aliphatic rings. The zero-order valence-electron chi connectivity index (χ0n) is 28.9. The average Bonchev–Trinajstić information content (AvgIpc) is 3.61. The third kappa shape index (κ3) is 9.17. The molecule has 48 heavy (non-hydrogen) atoms. The largest absolute Gasteiger partial charge is 0.464 e. The monoisotopic (exact) mass is 697 g/mol. The van der Waals surface area contributed by atoms with E-state index in [9.17, 15) is 24.4 Å². The van der Waals surface area contributed by atoms with Crippen molar-refractivity contribution in [3.63, 3.8) is 0 Å². The molecule has 0 aromatic carbocycles. The zero-order valence-corrected chi connectivity index (χ0v) is 29.8. The molecule has 270 valence electrons. The molecule has 0 unspecified atom stereocenters. The molecular formula is C31H52N7O9P. The van der Waals surface area contributed by atoms with Gasteiger partial charge in [-0.25, -0.2) is 19.7 Å². The average molecular weight is 698 g/mol. The van der Waals surface area contributed by atoms with E-state index in [1.54, 1.807) is 12.1 Å². The van der Waals surface area contributed by atoms with E-state index in [-0.39, 0.29) is 30.9 Å². The summed E-state index contributed by atoms with van der Waals surface area (Å²) in [5, 5.41) is 32.0. The van der Waals surface area contributed by atoms with E-state index in [4.69, 9.17) is 24.5 Å². The van der Waals surface area contributed by atoms with Crippen molar-refractivity contribution in [1.82, 2.24) is 24.8 Å². The van der Waals surface area contributed by atoms with Gasteiger partial charge < -0.3 is 34.7 Å². The van der Waals surface area contributed by atoms with Crippen LogP contribution in [0.25, 0.3) is 5.52 Å². The van der Waals surface area contributed by atoms with E-state index in [1.165, 1.54) is 38.0 Å². The number of anilines is 1. The van der Waals surface area contributed by atoms with Crippen molar-refractivity contribution in [1.29, 1.82) is 0 Å². The Bertz CT molecular complexity index is 1390. The number of hydrogen-bond donors (Lipinski definition) is 5. The Hall–Kier alpha value is -2.98. The minimum atomic E-state index is -4.27. The van der Waals surface area contributed by atoms with Crippen LogP contribution < -0.4 is 15.9 Å². The van der Waals surface area contributed by atoms with Gasteiger partial charge in [0.05, 0.1) is 25.5 Å². The number of rotatable bonds is 19. The Kier molecular flexibility index (Phi) is 14.5. The quantitative estimate of drug-likeness (QED) is 0.0808. The van der Waals surface area contributed by atoms with Gasteiger partial charge in [0.2, 0.25) is 0 Å². The van der Waals surface area contributed by atoms with Gasteiger partial charge in [0.25, 0.3) is 0 Å². The van der Waals surface area contributed by atoms with Gasteiger partial charge in [0.1, 0.15) is 42.2 Å². The van der Waals surface area contributed by atoms with Crippen molar-refractivity contribution >= 4 is 37.2 Å². The molecule has 0 bridgehead atoms. The summed E-state index contributed by atoms with van der Waals surface area (Å²) in [4.78, 5) is 33.8. The predicted molar refractivity (Wildman–Crippen MR) is 179 cm³/mol. The molecule has 0 spiro atoms. The standard InChI is InChI=1S/C31H52N7O9P/c1-8-21(9-2)14-44-29(41)19(5)36-48(43,37-20(6)30(42)45-15-22(10-3)11-4)46-16-24-26(39)27(40)31(47-24,17-33-7)25-13-12-23-28(32)34-18-35-38(23)25/h12-13,17-22,24,26-27,39-40H,8-11,14-16H2,1-7H3,(H2,32,34,35)(H2,36,37,43)/b33-17-/t19-,20-,24+,26+,27+,31-/m0/s1. The normalized spacial score (nSPS) is 22.9. The van der Waals surface area contributed by atoms with Crippen molar-refractivity contribution in [3.8, 4) is 0 Å². The van der Waals surface area contributed by atoms with Crippen LogP contribution in [0.4, 0.5) is 5.82 Å². The number of nitrogens with zero attached hydrogens (tertiary/aromatic N) is 4. The van der Waals surface area contributed by atoms with Crippen molar-refractivity contribution in [2.45, 2.75) is 103 Å². The van der Waals surface area contributed by atoms with Gasteiger partial charge in [-0.15, -0.1) is 0 Å². The minimum Gasteiger partial charge on any atom is -0.464 e. The Morgan fingerprint density at radius 1 is 1.06 bits per heavy atom. The van der Waals surface area contributed by atoms with Crippen molar-refractivity contribution in [2.75, 3.05) is 32.6 Å². The van der Waals surface area contributed by atoms with Gasteiger partial charge in [-0.3, -0.25) is 19.1 Å². The summed E-state index contributed by atoms with van der Waals surface area (Å²) in [5.74, 6) is -0.794. The summed E-state index contributed by atoms with van der Waals surface area (Å²) in [6, 6.07) is 1.01. The predicted octanol–water partition coefficient (Wildman–Crippen LogP) is 2.37. The van der Waals surface area contributed by atoms with E-state index in [0.717, 1.165) is 25.7 Å². The lowest BCUT2D eigenvalue weighted by atomic mass is 9.92. The first-order chi connectivity index (χ1) is 22.8. The number of esters is 2. The van der Waals surface area contributed by atoms with E-state index < -0.39 is 62.2 Å². The number of aromatic nitrogens is 3. The van der Waals surface area contributed by atoms with Crippen LogP contribution in [0.2, 0.25) is 0 Å². The molecule has 3 rings (SSSR count). The number of nitrogen functional groups attached to an aromatic ring is 1. The van der Waals surface area contributed by atoms with Gasteiger partial charge >= 0.3 is 19.6 Å². The highest BCUT2D eigenvalue weighted by molar-refractivity contribution is 7.54. The number of nitrogens with one attached hydrogen (secondary N) is 2. The number of hydrogen-bond acceptors (Lipinski definition) is 13. The highest BCUT2D eigenvalue weighted by Crippen LogP contribution is 2.44. The maximum absolute atomic E-state index is 14.3. The van der Waals surface area contributed by atoms with Crippen LogP contribution in [0.3, 0.4) is 0 Å². The Balaban J connectivity index is 1.84. The van der Waals surface area contributed by atoms with Crippen LogP contribution in [0.5, 0.6) is 0 Å². The number of aliphatic hydroxyl groups is 2. The lowest BCUT2D eigenvalue weighted by Crippen LogP contribution is -2.44. The lowest BCUT2D eigenvalue weighted by molar-refractivity contribution is -0.147. The number of carbonyl (C=O) groups is 2. The lowest BCUT2D eigenvalue weighted by Gasteiger charge is -2.29. The Morgan fingerprint density at radius 3 is 2.10 bits per heavy atom. The Labute approximate surface area is 281 Å². The summed E-state index contributed by atoms with van der Waals surface area (Å²) < 4.78 is 38.7. The molecule has 16 nitrogen and oxygen atoms in total. The third-order valence-corrected chi connectivity index (χ3v) is 10.7. The van der Waals surface area contributed by atoms with Crippen LogP contribution in [0, 0.1) is 11.8 Å². The topological polar surface area (TPSA) is 221 Å². The first-order valence-electron chi connectivity index (χ1n) is 16.5. The summed E-state index contributed by atoms with van der Waals surface area (Å²) in [6.07, 6.45) is 1.49. The van der Waals surface area contributed by atoms with Crippen LogP contribution in [-0.4, -0.2) is 100 Å². The van der Waals surface area contributed by atoms with Gasteiger partial charge in [-0.1, -0.05) is 53.4 Å². The molecular weight excluding hydrogens is 645 g/mol. The SMILES string of the molecule is CCC(CC)COC(=O)[C@H](C)NP(=O)(N[C@@H](C)C(=O)OCC(CC)CC)OC[C@H]1O[C@@](/C=N\C)(c2ccc3c(N)ncnn23)[C@H](O)[C@@H]1O. The molecule has 6 atom stereocenters. The van der Waals surface area contributed by atoms with Crippen LogP contribution in [0.1, 0.15) is 72.9 Å². The van der Waals surface area contributed by atoms with Crippen molar-refractivity contribution in [3.05, 3.63) is 24.2 Å². The molecule has 0 saturated carbocycles. The second-order valence-electron chi connectivity index (χ2n) is 12.1. The second-order valence-corrected chi connectivity index (χ2v) is 14.0. The van der Waals surface area contributed by atoms with Gasteiger partial charge in [-0.2, -0.15) is 5.10 Å². The number of fused-ring (bicyclic) bond motifs is 1. The molecule has 6 N–H and O–H groups in total. The van der Waals surface area contributed by atoms with Gasteiger partial charge in [0.15, 0.2) is 11.4 Å². The van der Waals surface area contributed by atoms with E-state index >= 15 is 0 Å². The summed E-state index contributed by atoms with van der Waals surface area (Å²) in [6.45, 7) is 10.8. The number of nitrogens with two attached hydrogens (primary N) is 1. The zero-order chi connectivity index (χ0) is 35.6. The molecule has 0 amide bonds. The van der Waals surface area contributed by atoms with E-state index in [2.05, 4.69) is 25.2 Å². The minimum absolute atomic E-state index is 0.173. The number of aliphatic imine (C=N–C) groups is 1. The second kappa shape index (κ2) is 17.6. The summed E-state index contributed by atoms with van der Waals surface area (Å²) in [7, 11) is -2.80. The van der Waals surface area contributed by atoms with Gasteiger partial charge in [0, 0.05) is 13.3 Å². The molecule has 1 aliphatic heterocycles. The molecule has 1 fully saturated rings. The van der Waals surface area contributed by atoms with E-state index in [0.29, 0.717) is 11.2 Å². The maximum atomic E-state index is 14.3. The number of aliphatic hydroxyl groups excluding tert-OH is 2. The van der Waals surface area contributed by atoms with Crippen LogP contribution in [-0.2, 0) is 38.5 Å². The Morgan fingerprint density at radius 2 is 1.60 bits per heavy atom. The maximum Gasteiger partial charge on any atom is 0.342 e. The molecule has 1 saturated heterocycles. The van der Waals surface area contributed by atoms with Crippen molar-refractivity contribution in [2.24, 2.45) is 16.8 Å². The van der Waals surface area contributed by atoms with Crippen LogP contribution >= 0.6 is 7.67 Å². The first-order valence-corrected chi connectivity index (χ1v) is 18.1. The number of ether oxygens (including phenoxy) is 3. The molecule has 17 heteroatoms. The highest BCUT2D eigenvalue weighted by Gasteiger charge is 2.56. The number of carbonyl (C=O) groups excluding carboxylic acids is 2. The first kappa shape index (κ1) is 39.5. The fourth-order valence-corrected chi connectivity index (χ4v) is 7.22. The highest BCUT2D eigenvalue weighted by atomic mass is 31.2. The summed E-state index contributed by atoms with van der Waals surface area (Å²) >= 11 is 0. The van der Waals surface area contributed by atoms with E-state index in [1.807, 2.05) is 27.7 Å². The summed E-state index contributed by atoms with van der Waals surface area (Å²) in [5.41, 5.74) is 5.03. The smallest absolute Gasteiger partial charge is 0.342 e. The van der Waals surface area contributed by atoms with Crippen molar-refractivity contribution < 1.29 is 43.1 Å². The molecule has 3 heterocycles.